The maximum atomic E-state index is 13.0. The fourth-order valence-electron chi connectivity index (χ4n) is 4.03. The van der Waals surface area contributed by atoms with E-state index in [0.29, 0.717) is 34.8 Å². The molecule has 0 spiro atoms. The third-order valence-corrected chi connectivity index (χ3v) is 5.89. The van der Waals surface area contributed by atoms with Crippen molar-refractivity contribution >= 4 is 23.2 Å². The second-order valence-electron chi connectivity index (χ2n) is 8.43. The number of carbonyl (C=O) groups excluding carboxylic acids is 1. The van der Waals surface area contributed by atoms with Gasteiger partial charge in [0.2, 0.25) is 12.6 Å². The first-order valence-corrected chi connectivity index (χ1v) is 11.1. The van der Waals surface area contributed by atoms with E-state index in [9.17, 15) is 4.79 Å². The van der Waals surface area contributed by atoms with Gasteiger partial charge in [0.25, 0.3) is 5.89 Å². The number of urea groups is 1. The quantitative estimate of drug-likeness (QED) is 0.550. The summed E-state index contributed by atoms with van der Waals surface area (Å²) in [5.41, 5.74) is 3.13. The summed E-state index contributed by atoms with van der Waals surface area (Å²) in [6, 6.07) is 12.2. The van der Waals surface area contributed by atoms with Crippen LogP contribution in [0.1, 0.15) is 38.3 Å². The summed E-state index contributed by atoms with van der Waals surface area (Å²) >= 11 is 6.09. The highest BCUT2D eigenvalue weighted by molar-refractivity contribution is 6.30. The largest absolute Gasteiger partial charge is 0.454 e. The number of fused-ring (bicyclic) bond motifs is 1. The maximum Gasteiger partial charge on any atom is 0.322 e. The van der Waals surface area contributed by atoms with Gasteiger partial charge in [-0.2, -0.15) is 4.98 Å². The molecule has 2 aliphatic rings. The van der Waals surface area contributed by atoms with Crippen LogP contribution in [0.25, 0.3) is 17.0 Å². The Morgan fingerprint density at radius 3 is 2.67 bits per heavy atom. The predicted molar refractivity (Wildman–Crippen MR) is 123 cm³/mol. The monoisotopic (exact) mass is 466 g/mol. The molecule has 0 aliphatic carbocycles. The number of nitrogens with zero attached hydrogens (tertiary/aromatic N) is 3. The molecule has 5 rings (SSSR count). The zero-order valence-corrected chi connectivity index (χ0v) is 19.2. The van der Waals surface area contributed by atoms with Crippen molar-refractivity contribution in [1.29, 1.82) is 0 Å². The molecule has 1 atom stereocenters. The Balaban J connectivity index is 1.58. The number of hydrogen-bond donors (Lipinski definition) is 1. The minimum atomic E-state index is -0.455. The van der Waals surface area contributed by atoms with Gasteiger partial charge in [0.05, 0.1) is 11.6 Å². The van der Waals surface area contributed by atoms with Crippen molar-refractivity contribution in [2.24, 2.45) is 5.92 Å². The van der Waals surface area contributed by atoms with Crippen molar-refractivity contribution in [2.75, 3.05) is 13.3 Å². The summed E-state index contributed by atoms with van der Waals surface area (Å²) < 4.78 is 16.6. The number of aromatic nitrogens is 2. The minimum absolute atomic E-state index is 0.166. The molecule has 170 valence electrons. The Labute approximate surface area is 196 Å². The number of allylic oxidation sites excluding steroid dienone is 1. The van der Waals surface area contributed by atoms with Crippen LogP contribution in [0.5, 0.6) is 11.5 Å². The summed E-state index contributed by atoms with van der Waals surface area (Å²) in [6.07, 6.45) is 0. The Hall–Kier alpha value is -3.52. The van der Waals surface area contributed by atoms with Gasteiger partial charge in [0.15, 0.2) is 11.5 Å². The fourth-order valence-corrected chi connectivity index (χ4v) is 4.16. The SMILES string of the molecule is CC1=C(c2nc(-c3ccc4c(c3)OCO4)no2)C(c2ccc(Cl)cc2)NC(=O)N1CC(C)C. The van der Waals surface area contributed by atoms with Crippen LogP contribution < -0.4 is 14.8 Å². The van der Waals surface area contributed by atoms with E-state index in [2.05, 4.69) is 29.3 Å². The van der Waals surface area contributed by atoms with Crippen molar-refractivity contribution in [3.05, 3.63) is 64.6 Å². The van der Waals surface area contributed by atoms with Gasteiger partial charge in [-0.25, -0.2) is 4.79 Å². The van der Waals surface area contributed by atoms with Crippen molar-refractivity contribution in [3.8, 4) is 22.9 Å². The van der Waals surface area contributed by atoms with Gasteiger partial charge in [-0.1, -0.05) is 42.7 Å². The van der Waals surface area contributed by atoms with Crippen molar-refractivity contribution < 1.29 is 18.8 Å². The molecule has 1 N–H and O–H groups in total. The van der Waals surface area contributed by atoms with Crippen LogP contribution in [0.3, 0.4) is 0 Å². The van der Waals surface area contributed by atoms with E-state index in [4.69, 9.17) is 25.6 Å². The summed E-state index contributed by atoms with van der Waals surface area (Å²) in [5, 5.41) is 7.91. The molecular weight excluding hydrogens is 444 g/mol. The number of hydrogen-bond acceptors (Lipinski definition) is 6. The topological polar surface area (TPSA) is 89.7 Å². The second kappa shape index (κ2) is 8.44. The van der Waals surface area contributed by atoms with E-state index in [-0.39, 0.29) is 18.7 Å². The van der Waals surface area contributed by atoms with Crippen LogP contribution in [-0.4, -0.2) is 34.4 Å². The van der Waals surface area contributed by atoms with E-state index in [1.165, 1.54) is 0 Å². The van der Waals surface area contributed by atoms with Crippen LogP contribution in [0.4, 0.5) is 4.79 Å². The first kappa shape index (κ1) is 21.3. The van der Waals surface area contributed by atoms with Crippen LogP contribution in [0.2, 0.25) is 5.02 Å². The van der Waals surface area contributed by atoms with Gasteiger partial charge in [0.1, 0.15) is 0 Å². The first-order valence-electron chi connectivity index (χ1n) is 10.7. The Kier molecular flexibility index (Phi) is 5.46. The molecule has 0 saturated heterocycles. The lowest BCUT2D eigenvalue weighted by atomic mass is 9.94. The average Bonchev–Trinajstić information content (AvgIpc) is 3.46. The number of benzene rings is 2. The highest BCUT2D eigenvalue weighted by atomic mass is 35.5. The van der Waals surface area contributed by atoms with Gasteiger partial charge in [-0.3, -0.25) is 4.90 Å². The summed E-state index contributed by atoms with van der Waals surface area (Å²) in [6.45, 7) is 6.80. The lowest BCUT2D eigenvalue weighted by molar-refractivity contribution is 0.174. The third-order valence-electron chi connectivity index (χ3n) is 5.63. The molecule has 2 amide bonds. The fraction of sp³-hybridized carbons (Fsp3) is 0.292. The molecule has 1 aromatic heterocycles. The predicted octanol–water partition coefficient (Wildman–Crippen LogP) is 5.27. The number of ether oxygens (including phenoxy) is 2. The van der Waals surface area contributed by atoms with E-state index >= 15 is 0 Å². The molecule has 8 nitrogen and oxygen atoms in total. The van der Waals surface area contributed by atoms with Gasteiger partial charge >= 0.3 is 6.03 Å². The van der Waals surface area contributed by atoms with Gasteiger partial charge in [-0.05, 0) is 48.7 Å². The maximum absolute atomic E-state index is 13.0. The standard InChI is InChI=1S/C24H23ClN4O4/c1-13(2)11-29-14(3)20(21(26-24(29)30)15-4-7-17(25)8-5-15)23-27-22(28-33-23)16-6-9-18-19(10-16)32-12-31-18/h4-10,13,21H,11-12H2,1-3H3,(H,26,30). The van der Waals surface area contributed by atoms with Crippen LogP contribution in [-0.2, 0) is 0 Å². The molecule has 0 fully saturated rings. The summed E-state index contributed by atoms with van der Waals surface area (Å²) in [7, 11) is 0. The smallest absolute Gasteiger partial charge is 0.322 e. The van der Waals surface area contributed by atoms with Gasteiger partial charge < -0.3 is 19.3 Å². The highest BCUT2D eigenvalue weighted by Gasteiger charge is 2.36. The summed E-state index contributed by atoms with van der Waals surface area (Å²) in [4.78, 5) is 19.4. The Morgan fingerprint density at radius 1 is 1.15 bits per heavy atom. The van der Waals surface area contributed by atoms with Crippen molar-refractivity contribution in [3.63, 3.8) is 0 Å². The van der Waals surface area contributed by atoms with E-state index in [1.54, 1.807) is 17.0 Å². The average molecular weight is 467 g/mol. The van der Waals surface area contributed by atoms with Gasteiger partial charge in [0, 0.05) is 22.8 Å². The van der Waals surface area contributed by atoms with Crippen molar-refractivity contribution in [2.45, 2.75) is 26.8 Å². The second-order valence-corrected chi connectivity index (χ2v) is 8.87. The van der Waals surface area contributed by atoms with Crippen LogP contribution in [0.15, 0.2) is 52.7 Å². The molecule has 2 aromatic carbocycles. The van der Waals surface area contributed by atoms with Crippen molar-refractivity contribution in [1.82, 2.24) is 20.4 Å². The molecule has 0 saturated carbocycles. The summed E-state index contributed by atoms with van der Waals surface area (Å²) in [5.74, 6) is 2.37. The van der Waals surface area contributed by atoms with Crippen LogP contribution >= 0.6 is 11.6 Å². The van der Waals surface area contributed by atoms with Gasteiger partial charge in [-0.15, -0.1) is 0 Å². The van der Waals surface area contributed by atoms with E-state index < -0.39 is 6.04 Å². The zero-order chi connectivity index (χ0) is 23.1. The third kappa shape index (κ3) is 4.02. The normalized spacial score (nSPS) is 17.7. The molecule has 0 radical (unpaired) electrons. The number of nitrogens with one attached hydrogen (secondary N) is 1. The molecule has 0 bridgehead atoms. The molecule has 33 heavy (non-hydrogen) atoms. The molecular formula is C24H23ClN4O4. The minimum Gasteiger partial charge on any atom is -0.454 e. The number of halogens is 1. The van der Waals surface area contributed by atoms with E-state index in [0.717, 1.165) is 22.4 Å². The number of carbonyl (C=O) groups is 1. The molecule has 9 heteroatoms. The highest BCUT2D eigenvalue weighted by Crippen LogP contribution is 2.39. The Morgan fingerprint density at radius 2 is 1.91 bits per heavy atom. The molecule has 2 aliphatic heterocycles. The lowest BCUT2D eigenvalue weighted by Gasteiger charge is -2.36. The van der Waals surface area contributed by atoms with Crippen LogP contribution in [0, 0.1) is 5.92 Å². The first-order chi connectivity index (χ1) is 15.9. The molecule has 3 aromatic rings. The number of amides is 2. The molecule has 3 heterocycles. The lowest BCUT2D eigenvalue weighted by Crippen LogP contribution is -2.47. The Bertz CT molecular complexity index is 1240. The van der Waals surface area contributed by atoms with E-state index in [1.807, 2.05) is 37.3 Å². The number of rotatable bonds is 5. The molecule has 1 unspecified atom stereocenters. The zero-order valence-electron chi connectivity index (χ0n) is 18.5.